The molecule has 1 heterocycles. The predicted molar refractivity (Wildman–Crippen MR) is 103 cm³/mol. The van der Waals surface area contributed by atoms with Gasteiger partial charge in [-0.15, -0.1) is 0 Å². The largest absolute Gasteiger partial charge is 0.433 e. The molecule has 2 aromatic carbocycles. The van der Waals surface area contributed by atoms with E-state index >= 15 is 0 Å². The number of hydrogen-bond donors (Lipinski definition) is 1. The molecule has 28 heavy (non-hydrogen) atoms. The number of hydrogen-bond acceptors (Lipinski definition) is 3. The highest BCUT2D eigenvalue weighted by Crippen LogP contribution is 2.29. The molecule has 1 amide bonds. The van der Waals surface area contributed by atoms with Crippen LogP contribution in [0.3, 0.4) is 0 Å². The molecule has 8 heteroatoms. The third-order valence-corrected chi connectivity index (χ3v) is 4.40. The van der Waals surface area contributed by atoms with Gasteiger partial charge in [0, 0.05) is 5.69 Å². The fraction of sp³-hybridized carbons (Fsp3) is 0.200. The zero-order valence-electron chi connectivity index (χ0n) is 15.0. The first-order valence-electron chi connectivity index (χ1n) is 8.62. The van der Waals surface area contributed by atoms with E-state index in [9.17, 15) is 13.6 Å². The van der Waals surface area contributed by atoms with Crippen LogP contribution in [-0.2, 0) is 13.0 Å². The first kappa shape index (κ1) is 19.8. The van der Waals surface area contributed by atoms with Gasteiger partial charge in [-0.3, -0.25) is 9.48 Å². The van der Waals surface area contributed by atoms with Crippen molar-refractivity contribution in [1.82, 2.24) is 9.78 Å². The Morgan fingerprint density at radius 3 is 2.64 bits per heavy atom. The summed E-state index contributed by atoms with van der Waals surface area (Å²) in [6.07, 6.45) is 2.14. The zero-order valence-corrected chi connectivity index (χ0v) is 15.8. The van der Waals surface area contributed by atoms with Gasteiger partial charge >= 0.3 is 6.61 Å². The van der Waals surface area contributed by atoms with Crippen LogP contribution in [0.1, 0.15) is 28.5 Å². The SMILES string of the molecule is CCc1c(C(=O)Nc2ccc(OC(F)F)c(Cl)c2)cnn1Cc1ccccc1. The monoisotopic (exact) mass is 405 g/mol. The van der Waals surface area contributed by atoms with Crippen LogP contribution < -0.4 is 10.1 Å². The Labute approximate surface area is 165 Å². The lowest BCUT2D eigenvalue weighted by molar-refractivity contribution is -0.0497. The molecule has 0 aliphatic heterocycles. The van der Waals surface area contributed by atoms with Gasteiger partial charge in [0.2, 0.25) is 0 Å². The normalized spacial score (nSPS) is 10.9. The van der Waals surface area contributed by atoms with Gasteiger partial charge in [-0.1, -0.05) is 48.9 Å². The van der Waals surface area contributed by atoms with E-state index in [0.29, 0.717) is 24.2 Å². The molecule has 3 aromatic rings. The molecule has 5 nitrogen and oxygen atoms in total. The Bertz CT molecular complexity index is 961. The van der Waals surface area contributed by atoms with Crippen LogP contribution in [0.2, 0.25) is 5.02 Å². The topological polar surface area (TPSA) is 56.1 Å². The van der Waals surface area contributed by atoms with E-state index in [4.69, 9.17) is 11.6 Å². The molecule has 0 aliphatic rings. The Morgan fingerprint density at radius 1 is 1.25 bits per heavy atom. The number of ether oxygens (including phenoxy) is 1. The van der Waals surface area contributed by atoms with E-state index in [1.54, 1.807) is 4.68 Å². The van der Waals surface area contributed by atoms with Crippen molar-refractivity contribution in [3.8, 4) is 5.75 Å². The fourth-order valence-corrected chi connectivity index (χ4v) is 3.06. The van der Waals surface area contributed by atoms with Crippen LogP contribution in [-0.4, -0.2) is 22.3 Å². The number of amides is 1. The molecule has 1 aromatic heterocycles. The Balaban J connectivity index is 1.77. The molecule has 0 spiro atoms. The van der Waals surface area contributed by atoms with Gasteiger partial charge < -0.3 is 10.1 Å². The van der Waals surface area contributed by atoms with Crippen molar-refractivity contribution in [2.75, 3.05) is 5.32 Å². The van der Waals surface area contributed by atoms with Crippen LogP contribution in [0.15, 0.2) is 54.7 Å². The molecule has 1 N–H and O–H groups in total. The van der Waals surface area contributed by atoms with Crippen molar-refractivity contribution in [3.63, 3.8) is 0 Å². The molecular weight excluding hydrogens is 388 g/mol. The molecule has 0 atom stereocenters. The molecular formula is C20H18ClF2N3O2. The number of nitrogens with one attached hydrogen (secondary N) is 1. The van der Waals surface area contributed by atoms with Crippen molar-refractivity contribution >= 4 is 23.2 Å². The standard InChI is InChI=1S/C20H18ClF2N3O2/c1-2-17-15(11-24-26(17)12-13-6-4-3-5-7-13)19(27)25-14-8-9-18(16(21)10-14)28-20(22)23/h3-11,20H,2,12H2,1H3,(H,25,27). The summed E-state index contributed by atoms with van der Waals surface area (Å²) < 4.78 is 30.7. The number of halogens is 3. The molecule has 0 unspecified atom stereocenters. The molecule has 0 aliphatic carbocycles. The average Bonchev–Trinajstić information content (AvgIpc) is 3.07. The Hall–Kier alpha value is -2.93. The summed E-state index contributed by atoms with van der Waals surface area (Å²) in [6.45, 7) is -0.466. The number of anilines is 1. The van der Waals surface area contributed by atoms with Crippen LogP contribution in [0.4, 0.5) is 14.5 Å². The van der Waals surface area contributed by atoms with Crippen molar-refractivity contribution in [2.45, 2.75) is 26.5 Å². The maximum Gasteiger partial charge on any atom is 0.387 e. The highest BCUT2D eigenvalue weighted by molar-refractivity contribution is 6.32. The summed E-state index contributed by atoms with van der Waals surface area (Å²) >= 11 is 5.93. The summed E-state index contributed by atoms with van der Waals surface area (Å²) in [5.41, 5.74) is 2.69. The van der Waals surface area contributed by atoms with Crippen LogP contribution in [0, 0.1) is 0 Å². The third kappa shape index (κ3) is 4.67. The smallest absolute Gasteiger partial charge is 0.387 e. The second-order valence-corrected chi connectivity index (χ2v) is 6.39. The first-order chi connectivity index (χ1) is 13.5. The summed E-state index contributed by atoms with van der Waals surface area (Å²) in [5, 5.41) is 7.03. The van der Waals surface area contributed by atoms with Crippen molar-refractivity contribution in [1.29, 1.82) is 0 Å². The minimum Gasteiger partial charge on any atom is -0.433 e. The lowest BCUT2D eigenvalue weighted by Crippen LogP contribution is -2.15. The Kier molecular flexibility index (Phi) is 6.26. The number of carbonyl (C=O) groups is 1. The first-order valence-corrected chi connectivity index (χ1v) is 9.00. The van der Waals surface area contributed by atoms with Crippen LogP contribution >= 0.6 is 11.6 Å². The summed E-state index contributed by atoms with van der Waals surface area (Å²) in [5.74, 6) is -0.505. The van der Waals surface area contributed by atoms with E-state index in [1.165, 1.54) is 24.4 Å². The van der Waals surface area contributed by atoms with E-state index in [1.807, 2.05) is 37.3 Å². The molecule has 0 saturated carbocycles. The maximum absolute atomic E-state index is 12.7. The molecule has 3 rings (SSSR count). The highest BCUT2D eigenvalue weighted by atomic mass is 35.5. The summed E-state index contributed by atoms with van der Waals surface area (Å²) in [6, 6.07) is 13.9. The molecule has 0 bridgehead atoms. The van der Waals surface area contributed by atoms with Crippen molar-refractivity contribution < 1.29 is 18.3 Å². The molecule has 0 radical (unpaired) electrons. The lowest BCUT2D eigenvalue weighted by Gasteiger charge is -2.10. The Morgan fingerprint density at radius 2 is 2.00 bits per heavy atom. The minimum absolute atomic E-state index is 0.0198. The highest BCUT2D eigenvalue weighted by Gasteiger charge is 2.17. The second kappa shape index (κ2) is 8.84. The van der Waals surface area contributed by atoms with Gasteiger partial charge in [0.05, 0.1) is 29.0 Å². The fourth-order valence-electron chi connectivity index (χ4n) is 2.83. The zero-order chi connectivity index (χ0) is 20.1. The van der Waals surface area contributed by atoms with Crippen molar-refractivity contribution in [2.24, 2.45) is 0 Å². The molecule has 0 fully saturated rings. The van der Waals surface area contributed by atoms with E-state index < -0.39 is 6.61 Å². The van der Waals surface area contributed by atoms with Gasteiger partial charge in [-0.25, -0.2) is 0 Å². The molecule has 146 valence electrons. The lowest BCUT2D eigenvalue weighted by atomic mass is 10.1. The maximum atomic E-state index is 12.7. The summed E-state index contributed by atoms with van der Waals surface area (Å²) in [7, 11) is 0. The van der Waals surface area contributed by atoms with Gasteiger partial charge in [0.15, 0.2) is 0 Å². The van der Waals surface area contributed by atoms with Gasteiger partial charge in [-0.05, 0) is 30.2 Å². The quantitative estimate of drug-likeness (QED) is 0.601. The van der Waals surface area contributed by atoms with E-state index in [-0.39, 0.29) is 16.7 Å². The number of aromatic nitrogens is 2. The molecule has 0 saturated heterocycles. The van der Waals surface area contributed by atoms with Gasteiger partial charge in [-0.2, -0.15) is 13.9 Å². The van der Waals surface area contributed by atoms with E-state index in [2.05, 4.69) is 15.2 Å². The number of rotatable bonds is 7. The van der Waals surface area contributed by atoms with Gasteiger partial charge in [0.1, 0.15) is 5.75 Å². The van der Waals surface area contributed by atoms with Crippen molar-refractivity contribution in [3.05, 3.63) is 76.6 Å². The van der Waals surface area contributed by atoms with Gasteiger partial charge in [0.25, 0.3) is 5.91 Å². The number of carbonyl (C=O) groups excluding carboxylic acids is 1. The second-order valence-electron chi connectivity index (χ2n) is 5.98. The number of nitrogens with zero attached hydrogens (tertiary/aromatic N) is 2. The minimum atomic E-state index is -2.97. The van der Waals surface area contributed by atoms with E-state index in [0.717, 1.165) is 11.3 Å². The summed E-state index contributed by atoms with van der Waals surface area (Å²) in [4.78, 5) is 12.7. The van der Waals surface area contributed by atoms with Crippen LogP contribution in [0.5, 0.6) is 5.75 Å². The predicted octanol–water partition coefficient (Wildman–Crippen LogP) is 5.00. The average molecular weight is 406 g/mol. The van der Waals surface area contributed by atoms with Crippen LogP contribution in [0.25, 0.3) is 0 Å². The number of alkyl halides is 2. The number of benzene rings is 2. The third-order valence-electron chi connectivity index (χ3n) is 4.11.